The number of alkyl carbamates (subject to hydrolysis) is 1. The SMILES string of the molecule is CN(C(=O)OC(=O)NC1CCCCC1)C(C)(C)C. The number of ether oxygens (including phenoxy) is 1. The molecule has 0 saturated heterocycles. The summed E-state index contributed by atoms with van der Waals surface area (Å²) < 4.78 is 4.78. The van der Waals surface area contributed by atoms with Crippen molar-refractivity contribution in [3.05, 3.63) is 0 Å². The van der Waals surface area contributed by atoms with Crippen LogP contribution >= 0.6 is 0 Å². The summed E-state index contributed by atoms with van der Waals surface area (Å²) in [6.07, 6.45) is 4.16. The lowest BCUT2D eigenvalue weighted by molar-refractivity contribution is 0.0959. The molecule has 0 atom stereocenters. The molecule has 1 N–H and O–H groups in total. The summed E-state index contributed by atoms with van der Waals surface area (Å²) in [6.45, 7) is 5.65. The van der Waals surface area contributed by atoms with Gasteiger partial charge in [-0.15, -0.1) is 0 Å². The smallest absolute Gasteiger partial charge is 0.359 e. The van der Waals surface area contributed by atoms with Crippen LogP contribution in [0.4, 0.5) is 9.59 Å². The predicted octanol–water partition coefficient (Wildman–Crippen LogP) is 2.90. The van der Waals surface area contributed by atoms with Gasteiger partial charge in [-0.1, -0.05) is 19.3 Å². The van der Waals surface area contributed by atoms with Crippen molar-refractivity contribution in [3.63, 3.8) is 0 Å². The van der Waals surface area contributed by atoms with Crippen LogP contribution in [-0.2, 0) is 4.74 Å². The third kappa shape index (κ3) is 4.55. The summed E-state index contributed by atoms with van der Waals surface area (Å²) in [5, 5.41) is 2.75. The molecule has 1 saturated carbocycles. The summed E-state index contributed by atoms with van der Waals surface area (Å²) >= 11 is 0. The second kappa shape index (κ2) is 6.07. The molecule has 18 heavy (non-hydrogen) atoms. The zero-order valence-electron chi connectivity index (χ0n) is 11.8. The van der Waals surface area contributed by atoms with Gasteiger partial charge in [0.15, 0.2) is 0 Å². The van der Waals surface area contributed by atoms with Crippen LogP contribution < -0.4 is 5.32 Å². The minimum atomic E-state index is -0.636. The first-order valence-corrected chi connectivity index (χ1v) is 6.57. The molecule has 0 aliphatic heterocycles. The van der Waals surface area contributed by atoms with Crippen LogP contribution in [0.25, 0.3) is 0 Å². The number of carbonyl (C=O) groups excluding carboxylic acids is 2. The molecule has 5 heteroatoms. The lowest BCUT2D eigenvalue weighted by Gasteiger charge is -2.30. The average Bonchev–Trinajstić information content (AvgIpc) is 2.27. The number of hydrogen-bond acceptors (Lipinski definition) is 3. The van der Waals surface area contributed by atoms with Gasteiger partial charge in [-0.2, -0.15) is 0 Å². The van der Waals surface area contributed by atoms with Crippen LogP contribution in [0.1, 0.15) is 52.9 Å². The van der Waals surface area contributed by atoms with Crippen molar-refractivity contribution in [1.82, 2.24) is 10.2 Å². The largest absolute Gasteiger partial charge is 0.418 e. The summed E-state index contributed by atoms with van der Waals surface area (Å²) in [5.41, 5.74) is -0.359. The van der Waals surface area contributed by atoms with Crippen molar-refractivity contribution in [3.8, 4) is 0 Å². The standard InChI is InChI=1S/C13H24N2O3/c1-13(2,3)15(4)12(17)18-11(16)14-10-8-6-5-7-9-10/h10H,5-9H2,1-4H3,(H,14,16). The topological polar surface area (TPSA) is 58.6 Å². The summed E-state index contributed by atoms with van der Waals surface area (Å²) in [4.78, 5) is 24.7. The van der Waals surface area contributed by atoms with Gasteiger partial charge in [0.05, 0.1) is 0 Å². The first kappa shape index (κ1) is 14.8. The molecule has 5 nitrogen and oxygen atoms in total. The first-order chi connectivity index (χ1) is 8.30. The Bertz CT molecular complexity index is 304. The molecule has 1 rings (SSSR count). The molecule has 0 heterocycles. The van der Waals surface area contributed by atoms with Gasteiger partial charge in [-0.25, -0.2) is 9.59 Å². The zero-order valence-corrected chi connectivity index (χ0v) is 11.8. The Morgan fingerprint density at radius 3 is 2.22 bits per heavy atom. The van der Waals surface area contributed by atoms with Crippen LogP contribution in [0, 0.1) is 0 Å². The number of rotatable bonds is 1. The van der Waals surface area contributed by atoms with Crippen LogP contribution in [0.3, 0.4) is 0 Å². The highest BCUT2D eigenvalue weighted by atomic mass is 16.6. The van der Waals surface area contributed by atoms with Crippen LogP contribution in [0.5, 0.6) is 0 Å². The van der Waals surface area contributed by atoms with Crippen LogP contribution in [-0.4, -0.2) is 35.7 Å². The number of amides is 2. The summed E-state index contributed by atoms with van der Waals surface area (Å²) in [5.74, 6) is 0. The van der Waals surface area contributed by atoms with Crippen LogP contribution in [0.15, 0.2) is 0 Å². The fourth-order valence-electron chi connectivity index (χ4n) is 1.86. The molecule has 1 aliphatic rings. The molecule has 1 fully saturated rings. The van der Waals surface area contributed by atoms with E-state index in [9.17, 15) is 9.59 Å². The maximum Gasteiger partial charge on any atom is 0.418 e. The Morgan fingerprint density at radius 2 is 1.72 bits per heavy atom. The summed E-state index contributed by atoms with van der Waals surface area (Å²) in [6, 6.07) is 0.152. The Morgan fingerprint density at radius 1 is 1.17 bits per heavy atom. The molecule has 0 aromatic carbocycles. The first-order valence-electron chi connectivity index (χ1n) is 6.57. The highest BCUT2D eigenvalue weighted by Crippen LogP contribution is 2.17. The molecular formula is C13H24N2O3. The second-order valence-electron chi connectivity index (χ2n) is 5.86. The van der Waals surface area contributed by atoms with Gasteiger partial charge in [-0.05, 0) is 33.6 Å². The minimum Gasteiger partial charge on any atom is -0.359 e. The lowest BCUT2D eigenvalue weighted by atomic mass is 9.96. The van der Waals surface area contributed by atoms with E-state index >= 15 is 0 Å². The molecule has 104 valence electrons. The molecule has 0 aromatic rings. The van der Waals surface area contributed by atoms with Gasteiger partial charge in [0.25, 0.3) is 0 Å². The number of hydrogen-bond donors (Lipinski definition) is 1. The second-order valence-corrected chi connectivity index (χ2v) is 5.86. The third-order valence-electron chi connectivity index (χ3n) is 3.39. The van der Waals surface area contributed by atoms with E-state index in [0.717, 1.165) is 25.7 Å². The zero-order chi connectivity index (χ0) is 13.8. The van der Waals surface area contributed by atoms with Crippen molar-refractivity contribution in [2.45, 2.75) is 64.5 Å². The maximum atomic E-state index is 11.7. The molecule has 1 aliphatic carbocycles. The quantitative estimate of drug-likeness (QED) is 0.734. The highest BCUT2D eigenvalue weighted by Gasteiger charge is 2.26. The molecular weight excluding hydrogens is 232 g/mol. The Hall–Kier alpha value is -1.26. The molecule has 0 aromatic heterocycles. The van der Waals surface area contributed by atoms with Gasteiger partial charge in [-0.3, -0.25) is 0 Å². The third-order valence-corrected chi connectivity index (χ3v) is 3.39. The Balaban J connectivity index is 2.37. The van der Waals surface area contributed by atoms with Crippen molar-refractivity contribution < 1.29 is 14.3 Å². The molecule has 0 unspecified atom stereocenters. The number of nitrogens with one attached hydrogen (secondary N) is 1. The molecule has 0 radical (unpaired) electrons. The normalized spacial score (nSPS) is 17.1. The highest BCUT2D eigenvalue weighted by molar-refractivity contribution is 5.83. The van der Waals surface area contributed by atoms with Gasteiger partial charge >= 0.3 is 12.2 Å². The van der Waals surface area contributed by atoms with E-state index in [1.54, 1.807) is 7.05 Å². The van der Waals surface area contributed by atoms with E-state index in [0.29, 0.717) is 0 Å². The van der Waals surface area contributed by atoms with E-state index in [1.165, 1.54) is 11.3 Å². The number of carbonyl (C=O) groups is 2. The molecule has 0 spiro atoms. The van der Waals surface area contributed by atoms with Crippen LogP contribution in [0.2, 0.25) is 0 Å². The molecule has 2 amide bonds. The summed E-state index contributed by atoms with van der Waals surface area (Å²) in [7, 11) is 1.62. The van der Waals surface area contributed by atoms with Crippen molar-refractivity contribution in [2.24, 2.45) is 0 Å². The van der Waals surface area contributed by atoms with E-state index < -0.39 is 12.2 Å². The number of nitrogens with zero attached hydrogens (tertiary/aromatic N) is 1. The lowest BCUT2D eigenvalue weighted by Crippen LogP contribution is -2.46. The monoisotopic (exact) mass is 256 g/mol. The van der Waals surface area contributed by atoms with Gasteiger partial charge in [0, 0.05) is 18.6 Å². The van der Waals surface area contributed by atoms with E-state index in [4.69, 9.17) is 4.74 Å². The van der Waals surface area contributed by atoms with E-state index in [2.05, 4.69) is 5.32 Å². The fourth-order valence-corrected chi connectivity index (χ4v) is 1.86. The average molecular weight is 256 g/mol. The molecule has 0 bridgehead atoms. The van der Waals surface area contributed by atoms with E-state index in [1.807, 2.05) is 20.8 Å². The van der Waals surface area contributed by atoms with E-state index in [-0.39, 0.29) is 11.6 Å². The van der Waals surface area contributed by atoms with Crippen molar-refractivity contribution in [2.75, 3.05) is 7.05 Å². The minimum absolute atomic E-state index is 0.152. The maximum absolute atomic E-state index is 11.7. The van der Waals surface area contributed by atoms with Gasteiger partial charge in [0.2, 0.25) is 0 Å². The van der Waals surface area contributed by atoms with Gasteiger partial charge in [0.1, 0.15) is 0 Å². The van der Waals surface area contributed by atoms with Crippen molar-refractivity contribution in [1.29, 1.82) is 0 Å². The van der Waals surface area contributed by atoms with Gasteiger partial charge < -0.3 is 15.0 Å². The predicted molar refractivity (Wildman–Crippen MR) is 69.4 cm³/mol. The fraction of sp³-hybridized carbons (Fsp3) is 0.846. The Labute approximate surface area is 109 Å². The Kier molecular flexibility index (Phi) is 4.99. The van der Waals surface area contributed by atoms with Crippen molar-refractivity contribution >= 4 is 12.2 Å².